The maximum Gasteiger partial charge on any atom is 0.312 e. The molecule has 3 fully saturated rings. The average molecular weight is 364 g/mol. The summed E-state index contributed by atoms with van der Waals surface area (Å²) in [6.07, 6.45) is 0.00257. The minimum Gasteiger partial charge on any atom is -0.481 e. The number of carbonyl (C=O) groups is 2. The van der Waals surface area contributed by atoms with Crippen molar-refractivity contribution in [3.05, 3.63) is 23.8 Å². The van der Waals surface area contributed by atoms with Crippen LogP contribution in [0.5, 0.6) is 0 Å². The van der Waals surface area contributed by atoms with E-state index in [0.29, 0.717) is 30.4 Å². The molecule has 0 aliphatic heterocycles. The van der Waals surface area contributed by atoms with Crippen LogP contribution in [0.1, 0.15) is 32.6 Å². The lowest BCUT2D eigenvalue weighted by Crippen LogP contribution is -2.56. The quantitative estimate of drug-likeness (QED) is 0.451. The van der Waals surface area contributed by atoms with Crippen LogP contribution in [-0.4, -0.2) is 55.3 Å². The number of aliphatic carboxylic acids is 2. The Kier molecular flexibility index (Phi) is 3.38. The number of fused-ring (bicyclic) bond motifs is 3. The maximum atomic E-state index is 12.3. The Morgan fingerprint density at radius 1 is 1.27 bits per heavy atom. The van der Waals surface area contributed by atoms with Crippen LogP contribution in [0.25, 0.3) is 0 Å². The Bertz CT molecular complexity index is 757. The molecule has 0 amide bonds. The van der Waals surface area contributed by atoms with Crippen LogP contribution in [0.15, 0.2) is 23.8 Å². The fourth-order valence-electron chi connectivity index (χ4n) is 6.54. The molecule has 7 heteroatoms. The second-order valence-electron chi connectivity index (χ2n) is 8.80. The number of hydrogen-bond donors (Lipinski definition) is 5. The zero-order valence-corrected chi connectivity index (χ0v) is 14.6. The van der Waals surface area contributed by atoms with Crippen molar-refractivity contribution in [2.24, 2.45) is 28.6 Å². The van der Waals surface area contributed by atoms with Crippen LogP contribution in [-0.2, 0) is 9.59 Å². The Hall–Kier alpha value is -1.70. The molecule has 0 aromatic heterocycles. The lowest BCUT2D eigenvalue weighted by atomic mass is 9.60. The summed E-state index contributed by atoms with van der Waals surface area (Å²) in [7, 11) is 0. The van der Waals surface area contributed by atoms with Crippen LogP contribution in [0.3, 0.4) is 0 Å². The standard InChI is InChI=1S/C19H24O7/c1-8-6-18-7-19(8,26)4-3-10(18)9-5-11(20)14(21)17(2,16(24)25)12(9)13(18)15(22)23/h5,10-14,20-21,26H,1,3-4,6-7H2,2H3,(H,22,23)(H,24,25)/t10-,11-,12+,13+,14-,17-,18-,19-/m0/s1. The summed E-state index contributed by atoms with van der Waals surface area (Å²) in [5.41, 5.74) is -2.55. The molecule has 0 saturated heterocycles. The summed E-state index contributed by atoms with van der Waals surface area (Å²) >= 11 is 0. The van der Waals surface area contributed by atoms with Crippen molar-refractivity contribution in [1.82, 2.24) is 0 Å². The fourth-order valence-corrected chi connectivity index (χ4v) is 6.54. The third kappa shape index (κ3) is 1.78. The third-order valence-electron chi connectivity index (χ3n) is 7.75. The molecule has 7 nitrogen and oxygen atoms in total. The summed E-state index contributed by atoms with van der Waals surface area (Å²) in [5, 5.41) is 51.6. The van der Waals surface area contributed by atoms with Gasteiger partial charge < -0.3 is 25.5 Å². The Labute approximate surface area is 150 Å². The van der Waals surface area contributed by atoms with E-state index < -0.39 is 52.4 Å². The molecule has 4 aliphatic carbocycles. The zero-order chi connectivity index (χ0) is 19.2. The summed E-state index contributed by atoms with van der Waals surface area (Å²) in [6, 6.07) is 0. The normalized spacial score (nSPS) is 52.2. The Morgan fingerprint density at radius 3 is 2.50 bits per heavy atom. The van der Waals surface area contributed by atoms with Gasteiger partial charge in [0.15, 0.2) is 0 Å². The first-order chi connectivity index (χ1) is 12.0. The van der Waals surface area contributed by atoms with E-state index in [1.165, 1.54) is 13.0 Å². The minimum atomic E-state index is -1.82. The monoisotopic (exact) mass is 364 g/mol. The largest absolute Gasteiger partial charge is 0.481 e. The molecule has 0 aromatic carbocycles. The molecule has 3 saturated carbocycles. The van der Waals surface area contributed by atoms with Crippen molar-refractivity contribution in [2.75, 3.05) is 0 Å². The van der Waals surface area contributed by atoms with E-state index in [-0.39, 0.29) is 12.3 Å². The van der Waals surface area contributed by atoms with Crippen molar-refractivity contribution in [3.8, 4) is 0 Å². The predicted molar refractivity (Wildman–Crippen MR) is 88.9 cm³/mol. The predicted octanol–water partition coefficient (Wildman–Crippen LogP) is 0.547. The number of hydrogen-bond acceptors (Lipinski definition) is 5. The van der Waals surface area contributed by atoms with Crippen molar-refractivity contribution in [2.45, 2.75) is 50.4 Å². The molecule has 1 spiro atoms. The van der Waals surface area contributed by atoms with Crippen LogP contribution in [0.2, 0.25) is 0 Å². The van der Waals surface area contributed by atoms with Gasteiger partial charge in [0.25, 0.3) is 0 Å². The SMILES string of the molecule is C=C1C[C@]23C[C@@]1(O)CC[C@H]2C1=C[C@H](O)[C@H](O)[C@@](C)(C(=O)O)[C@H]1[C@@H]3C(=O)O. The molecule has 0 aromatic rings. The second kappa shape index (κ2) is 4.97. The van der Waals surface area contributed by atoms with Crippen LogP contribution in [0, 0.1) is 28.6 Å². The highest BCUT2D eigenvalue weighted by atomic mass is 16.4. The van der Waals surface area contributed by atoms with E-state index in [1.807, 2.05) is 0 Å². The number of allylic oxidation sites excluding steroid dienone is 1. The van der Waals surface area contributed by atoms with Gasteiger partial charge in [-0.3, -0.25) is 9.59 Å². The molecule has 142 valence electrons. The maximum absolute atomic E-state index is 12.3. The molecule has 0 unspecified atom stereocenters. The number of aliphatic hydroxyl groups excluding tert-OH is 2. The van der Waals surface area contributed by atoms with E-state index >= 15 is 0 Å². The highest BCUT2D eigenvalue weighted by Crippen LogP contribution is 2.73. The summed E-state index contributed by atoms with van der Waals surface area (Å²) in [4.78, 5) is 24.4. The van der Waals surface area contributed by atoms with Crippen molar-refractivity contribution < 1.29 is 35.1 Å². The second-order valence-corrected chi connectivity index (χ2v) is 8.80. The van der Waals surface area contributed by atoms with E-state index in [0.717, 1.165) is 0 Å². The Morgan fingerprint density at radius 2 is 1.92 bits per heavy atom. The fraction of sp³-hybridized carbons (Fsp3) is 0.684. The topological polar surface area (TPSA) is 135 Å². The van der Waals surface area contributed by atoms with Gasteiger partial charge in [0.2, 0.25) is 0 Å². The first-order valence-corrected chi connectivity index (χ1v) is 8.93. The van der Waals surface area contributed by atoms with Gasteiger partial charge in [-0.25, -0.2) is 0 Å². The van der Waals surface area contributed by atoms with Crippen molar-refractivity contribution in [3.63, 3.8) is 0 Å². The molecule has 26 heavy (non-hydrogen) atoms. The van der Waals surface area contributed by atoms with Crippen LogP contribution < -0.4 is 0 Å². The average Bonchev–Trinajstić information content (AvgIpc) is 2.92. The molecule has 0 radical (unpaired) electrons. The molecule has 5 N–H and O–H groups in total. The zero-order valence-electron chi connectivity index (χ0n) is 14.6. The van der Waals surface area contributed by atoms with Gasteiger partial charge in [0, 0.05) is 5.92 Å². The van der Waals surface area contributed by atoms with E-state index in [1.54, 1.807) is 0 Å². The molecule has 0 heterocycles. The number of carboxylic acid groups (broad SMARTS) is 2. The molecule has 4 rings (SSSR count). The van der Waals surface area contributed by atoms with Gasteiger partial charge >= 0.3 is 11.9 Å². The minimum absolute atomic E-state index is 0.232. The highest BCUT2D eigenvalue weighted by Gasteiger charge is 2.73. The van der Waals surface area contributed by atoms with Crippen molar-refractivity contribution in [1.29, 1.82) is 0 Å². The van der Waals surface area contributed by atoms with Gasteiger partial charge in [-0.1, -0.05) is 18.2 Å². The third-order valence-corrected chi connectivity index (χ3v) is 7.75. The smallest absolute Gasteiger partial charge is 0.312 e. The molecule has 4 aliphatic rings. The van der Waals surface area contributed by atoms with Gasteiger partial charge in [-0.15, -0.1) is 0 Å². The summed E-state index contributed by atoms with van der Waals surface area (Å²) < 4.78 is 0. The lowest BCUT2D eigenvalue weighted by Gasteiger charge is -2.44. The van der Waals surface area contributed by atoms with Gasteiger partial charge in [-0.2, -0.15) is 0 Å². The van der Waals surface area contributed by atoms with E-state index in [4.69, 9.17) is 0 Å². The molecular weight excluding hydrogens is 340 g/mol. The van der Waals surface area contributed by atoms with Crippen molar-refractivity contribution >= 4 is 11.9 Å². The molecule has 2 bridgehead atoms. The number of rotatable bonds is 2. The summed E-state index contributed by atoms with van der Waals surface area (Å²) in [6.45, 7) is 5.28. The lowest BCUT2D eigenvalue weighted by molar-refractivity contribution is -0.173. The molecular formula is C19H24O7. The van der Waals surface area contributed by atoms with Crippen LogP contribution in [0.4, 0.5) is 0 Å². The number of carboxylic acids is 2. The first-order valence-electron chi connectivity index (χ1n) is 8.93. The summed E-state index contributed by atoms with van der Waals surface area (Å²) in [5.74, 6) is -4.69. The van der Waals surface area contributed by atoms with Gasteiger partial charge in [0.05, 0.1) is 23.7 Å². The first kappa shape index (κ1) is 17.7. The van der Waals surface area contributed by atoms with E-state index in [2.05, 4.69) is 6.58 Å². The molecule has 8 atom stereocenters. The number of aliphatic hydroxyl groups is 3. The van der Waals surface area contributed by atoms with Gasteiger partial charge in [-0.05, 0) is 49.5 Å². The highest BCUT2D eigenvalue weighted by molar-refractivity contribution is 5.81. The van der Waals surface area contributed by atoms with E-state index in [9.17, 15) is 35.1 Å². The van der Waals surface area contributed by atoms with Crippen LogP contribution >= 0.6 is 0 Å². The Balaban J connectivity index is 1.96. The van der Waals surface area contributed by atoms with Gasteiger partial charge in [0.1, 0.15) is 5.41 Å².